The van der Waals surface area contributed by atoms with Crippen LogP contribution >= 0.6 is 0 Å². The van der Waals surface area contributed by atoms with Gasteiger partial charge in [-0.15, -0.1) is 0 Å². The Balaban J connectivity index is 1.42. The van der Waals surface area contributed by atoms with Crippen molar-refractivity contribution in [1.82, 2.24) is 10.3 Å². The van der Waals surface area contributed by atoms with Crippen LogP contribution in [-0.4, -0.2) is 24.7 Å². The first kappa shape index (κ1) is 21.4. The Hall–Kier alpha value is -3.17. The fraction of sp³-hybridized carbons (Fsp3) is 0.323. The van der Waals surface area contributed by atoms with Gasteiger partial charge in [0, 0.05) is 29.0 Å². The van der Waals surface area contributed by atoms with Gasteiger partial charge in [0.25, 0.3) is 0 Å². The molecule has 3 atom stereocenters. The van der Waals surface area contributed by atoms with Gasteiger partial charge in [-0.05, 0) is 79.1 Å². The molecule has 1 aliphatic carbocycles. The van der Waals surface area contributed by atoms with Crippen LogP contribution in [0.4, 0.5) is 0 Å². The van der Waals surface area contributed by atoms with Gasteiger partial charge in [0.15, 0.2) is 0 Å². The summed E-state index contributed by atoms with van der Waals surface area (Å²) in [6, 6.07) is 31.1. The van der Waals surface area contributed by atoms with E-state index in [0.717, 1.165) is 49.9 Å². The first-order valence-electron chi connectivity index (χ1n) is 12.5. The first-order valence-corrected chi connectivity index (χ1v) is 12.5. The summed E-state index contributed by atoms with van der Waals surface area (Å²) in [5, 5.41) is 5.18. The second-order valence-electron chi connectivity index (χ2n) is 10.00. The van der Waals surface area contributed by atoms with Crippen LogP contribution in [0.1, 0.15) is 35.2 Å². The second-order valence-corrected chi connectivity index (χ2v) is 10.00. The number of para-hydroxylation sites is 1. The molecule has 4 aromatic rings. The van der Waals surface area contributed by atoms with Crippen molar-refractivity contribution in [3.05, 3.63) is 107 Å². The highest BCUT2D eigenvalue weighted by Gasteiger charge is 2.49. The molecule has 0 spiro atoms. The van der Waals surface area contributed by atoms with E-state index in [-0.39, 0.29) is 5.41 Å². The zero-order chi connectivity index (χ0) is 23.0. The largest absolute Gasteiger partial charge is 0.497 e. The predicted molar refractivity (Wildman–Crippen MR) is 138 cm³/mol. The van der Waals surface area contributed by atoms with Gasteiger partial charge in [-0.1, -0.05) is 60.7 Å². The summed E-state index contributed by atoms with van der Waals surface area (Å²) in [6.45, 7) is 1.04. The third kappa shape index (κ3) is 3.78. The molecular weight excluding hydrogens is 416 g/mol. The molecule has 0 bridgehead atoms. The standard InChI is InChI=1S/C31H32N2O/c1-34-26-12-7-11-25(20-26)31-16-17-32-29(15-14-22-8-3-2-4-9-22)27(31)19-24-18-23-10-5-6-13-28(23)33-30(24)21-31/h2-13,18,20,27,29,32H,14-17,19,21H2,1H3/t27-,29?,31-/m0/s1. The topological polar surface area (TPSA) is 34.1 Å². The summed E-state index contributed by atoms with van der Waals surface area (Å²) in [4.78, 5) is 5.19. The van der Waals surface area contributed by atoms with Crippen molar-refractivity contribution in [3.8, 4) is 5.75 Å². The Morgan fingerprint density at radius 3 is 2.71 bits per heavy atom. The Bertz CT molecular complexity index is 1300. The highest BCUT2D eigenvalue weighted by Crippen LogP contribution is 2.49. The zero-order valence-electron chi connectivity index (χ0n) is 19.8. The molecule has 1 aromatic heterocycles. The van der Waals surface area contributed by atoms with E-state index in [1.54, 1.807) is 7.11 Å². The summed E-state index contributed by atoms with van der Waals surface area (Å²) in [5.41, 5.74) is 6.71. The number of aromatic nitrogens is 1. The first-order chi connectivity index (χ1) is 16.7. The van der Waals surface area contributed by atoms with Crippen molar-refractivity contribution in [2.75, 3.05) is 13.7 Å². The number of ether oxygens (including phenoxy) is 1. The van der Waals surface area contributed by atoms with Crippen LogP contribution in [0.2, 0.25) is 0 Å². The van der Waals surface area contributed by atoms with Crippen molar-refractivity contribution in [3.63, 3.8) is 0 Å². The molecule has 3 heteroatoms. The van der Waals surface area contributed by atoms with E-state index in [2.05, 4.69) is 90.2 Å². The normalized spacial score (nSPS) is 23.8. The van der Waals surface area contributed by atoms with E-state index in [1.165, 1.54) is 27.8 Å². The third-order valence-corrected chi connectivity index (χ3v) is 8.22. The maximum atomic E-state index is 5.65. The number of piperidine rings is 1. The molecule has 0 saturated carbocycles. The van der Waals surface area contributed by atoms with Crippen LogP contribution < -0.4 is 10.1 Å². The van der Waals surface area contributed by atoms with E-state index >= 15 is 0 Å². The number of aryl methyl sites for hydroxylation is 1. The van der Waals surface area contributed by atoms with Gasteiger partial charge < -0.3 is 10.1 Å². The minimum atomic E-state index is 0.0730. The summed E-state index contributed by atoms with van der Waals surface area (Å²) < 4.78 is 5.65. The van der Waals surface area contributed by atoms with Gasteiger partial charge in [0.2, 0.25) is 0 Å². The fourth-order valence-corrected chi connectivity index (χ4v) is 6.48. The molecule has 2 aliphatic rings. The monoisotopic (exact) mass is 448 g/mol. The molecule has 0 amide bonds. The maximum absolute atomic E-state index is 5.65. The lowest BCUT2D eigenvalue weighted by Crippen LogP contribution is -2.58. The van der Waals surface area contributed by atoms with Crippen molar-refractivity contribution in [1.29, 1.82) is 0 Å². The molecule has 1 fully saturated rings. The van der Waals surface area contributed by atoms with Crippen molar-refractivity contribution >= 4 is 10.9 Å². The van der Waals surface area contributed by atoms with E-state index in [4.69, 9.17) is 9.72 Å². The molecule has 1 unspecified atom stereocenters. The minimum Gasteiger partial charge on any atom is -0.497 e. The summed E-state index contributed by atoms with van der Waals surface area (Å²) in [6.07, 6.45) is 5.44. The molecule has 1 saturated heterocycles. The van der Waals surface area contributed by atoms with Gasteiger partial charge in [0.1, 0.15) is 5.75 Å². The molecule has 1 N–H and O–H groups in total. The lowest BCUT2D eigenvalue weighted by molar-refractivity contribution is 0.124. The van der Waals surface area contributed by atoms with Crippen molar-refractivity contribution in [2.45, 2.75) is 43.6 Å². The molecule has 1 aliphatic heterocycles. The molecule has 0 radical (unpaired) electrons. The number of rotatable bonds is 5. The minimum absolute atomic E-state index is 0.0730. The quantitative estimate of drug-likeness (QED) is 0.413. The summed E-state index contributed by atoms with van der Waals surface area (Å²) >= 11 is 0. The second kappa shape index (κ2) is 8.88. The van der Waals surface area contributed by atoms with Crippen LogP contribution in [0.3, 0.4) is 0 Å². The number of pyridine rings is 1. The molecule has 34 heavy (non-hydrogen) atoms. The highest BCUT2D eigenvalue weighted by atomic mass is 16.5. The number of methoxy groups -OCH3 is 1. The van der Waals surface area contributed by atoms with Crippen LogP contribution in [-0.2, 0) is 24.7 Å². The number of benzene rings is 3. The Labute approximate surface area is 202 Å². The number of fused-ring (bicyclic) bond motifs is 3. The van der Waals surface area contributed by atoms with Crippen molar-refractivity contribution < 1.29 is 4.74 Å². The van der Waals surface area contributed by atoms with Gasteiger partial charge in [0.05, 0.1) is 12.6 Å². The number of nitrogens with zero attached hydrogens (tertiary/aromatic N) is 1. The van der Waals surface area contributed by atoms with Gasteiger partial charge in [-0.25, -0.2) is 0 Å². The van der Waals surface area contributed by atoms with Crippen molar-refractivity contribution in [2.24, 2.45) is 5.92 Å². The van der Waals surface area contributed by atoms with E-state index in [1.807, 2.05) is 0 Å². The average Bonchev–Trinajstić information content (AvgIpc) is 2.90. The zero-order valence-corrected chi connectivity index (χ0v) is 19.8. The molecule has 3 aromatic carbocycles. The SMILES string of the molecule is COc1cccc([C@@]23CCNC(CCc4ccccc4)[C@@H]2Cc2cc4ccccc4nc2C3)c1. The van der Waals surface area contributed by atoms with Gasteiger partial charge in [-0.3, -0.25) is 4.98 Å². The van der Waals surface area contributed by atoms with E-state index in [0.29, 0.717) is 12.0 Å². The Morgan fingerprint density at radius 1 is 0.971 bits per heavy atom. The van der Waals surface area contributed by atoms with Crippen LogP contribution in [0.5, 0.6) is 5.75 Å². The highest BCUT2D eigenvalue weighted by molar-refractivity contribution is 5.79. The Morgan fingerprint density at radius 2 is 1.82 bits per heavy atom. The van der Waals surface area contributed by atoms with E-state index < -0.39 is 0 Å². The van der Waals surface area contributed by atoms with Gasteiger partial charge in [-0.2, -0.15) is 0 Å². The molecule has 3 nitrogen and oxygen atoms in total. The Kier molecular flexibility index (Phi) is 5.58. The number of hydrogen-bond acceptors (Lipinski definition) is 3. The average molecular weight is 449 g/mol. The lowest BCUT2D eigenvalue weighted by atomic mass is 9.56. The predicted octanol–water partition coefficient (Wildman–Crippen LogP) is 5.89. The smallest absolute Gasteiger partial charge is 0.119 e. The third-order valence-electron chi connectivity index (χ3n) is 8.22. The lowest BCUT2D eigenvalue weighted by Gasteiger charge is -2.52. The van der Waals surface area contributed by atoms with Crippen LogP contribution in [0.25, 0.3) is 10.9 Å². The van der Waals surface area contributed by atoms with Crippen LogP contribution in [0, 0.1) is 5.92 Å². The fourth-order valence-electron chi connectivity index (χ4n) is 6.48. The maximum Gasteiger partial charge on any atom is 0.119 e. The molecular formula is C31H32N2O. The summed E-state index contributed by atoms with van der Waals surface area (Å²) in [7, 11) is 1.77. The summed E-state index contributed by atoms with van der Waals surface area (Å²) in [5.74, 6) is 1.47. The van der Waals surface area contributed by atoms with Crippen LogP contribution in [0.15, 0.2) is 84.9 Å². The van der Waals surface area contributed by atoms with Gasteiger partial charge >= 0.3 is 0 Å². The molecule has 6 rings (SSSR count). The molecule has 2 heterocycles. The van der Waals surface area contributed by atoms with E-state index in [9.17, 15) is 0 Å². The number of nitrogens with one attached hydrogen (secondary N) is 1. The molecule has 172 valence electrons. The number of hydrogen-bond donors (Lipinski definition) is 1.